The second kappa shape index (κ2) is 36.7. The van der Waals surface area contributed by atoms with E-state index >= 15 is 4.79 Å². The molecule has 14 amide bonds. The van der Waals surface area contributed by atoms with Crippen LogP contribution in [0.5, 0.6) is 0 Å². The average Bonchev–Trinajstić information content (AvgIpc) is 0.823. The van der Waals surface area contributed by atoms with Crippen molar-refractivity contribution < 1.29 is 72.2 Å². The predicted molar refractivity (Wildman–Crippen MR) is 368 cm³/mol. The molecule has 99 heavy (non-hydrogen) atoms. The van der Waals surface area contributed by atoms with E-state index in [-0.39, 0.29) is 31.2 Å². The van der Waals surface area contributed by atoms with Gasteiger partial charge in [0.2, 0.25) is 82.7 Å². The van der Waals surface area contributed by atoms with Crippen molar-refractivity contribution >= 4 is 82.7 Å². The summed E-state index contributed by atoms with van der Waals surface area (Å²) in [5.41, 5.74) is 1.16. The number of likely N-dealkylation sites (tertiary alicyclic amines) is 1. The number of hydrogen-bond donors (Lipinski definition) is 5. The average molecular weight is 1390 g/mol. The largest absolute Gasteiger partial charge is 0.391 e. The van der Waals surface area contributed by atoms with Gasteiger partial charge in [-0.3, -0.25) is 67.1 Å². The lowest BCUT2D eigenvalue weighted by Gasteiger charge is -2.38. The first-order valence-electron chi connectivity index (χ1n) is 33.9. The topological polar surface area (TPSA) is 340 Å². The molecule has 0 radical (unpaired) electrons. The van der Waals surface area contributed by atoms with E-state index in [1.165, 1.54) is 126 Å². The maximum atomic E-state index is 15.5. The Balaban J connectivity index is 1.85. The van der Waals surface area contributed by atoms with Crippen LogP contribution in [0.25, 0.3) is 0 Å². The predicted octanol–water partition coefficient (Wildman–Crippen LogP) is 0.204. The van der Waals surface area contributed by atoms with Crippen LogP contribution in [0.3, 0.4) is 0 Å². The Morgan fingerprint density at radius 2 is 0.909 bits per heavy atom. The van der Waals surface area contributed by atoms with Crippen LogP contribution < -0.4 is 21.3 Å². The molecule has 2 saturated heterocycles. The lowest BCUT2D eigenvalue weighted by molar-refractivity contribution is -0.153. The number of hydrogen-bond acceptors (Lipinski definition) is 15. The quantitative estimate of drug-likeness (QED) is 0.190. The van der Waals surface area contributed by atoms with E-state index in [9.17, 15) is 67.4 Å². The summed E-state index contributed by atoms with van der Waals surface area (Å²) in [5.74, 6) is -11.2. The molecule has 548 valence electrons. The van der Waals surface area contributed by atoms with Gasteiger partial charge in [0, 0.05) is 82.4 Å². The van der Waals surface area contributed by atoms with Crippen molar-refractivity contribution in [2.24, 2.45) is 5.92 Å². The SMILES string of the molecule is CC(C)C[C@H]1C(=O)N(C)[C@@H](C)C(=O)N[C@@H]([C@@H](C)O)C(=O)N(C)[C@@H](C)C(=O)N(C)[C@@H](Cc2ccccc2)C(=O)N(C)[C@@H](C)C(=O)N[C@@H](C)C(=O)N(C)[C@@H](C)C(=O)N(C)[C@@H](C)C(=O)N[C@H](C(=O)N(Cc2ccccc2)[C@@H](C)C(=O)N[C@@H](C)C(=O)N2CCCCC2)CC(=O)N(C)[C@H](C)C(=O)N1C. The summed E-state index contributed by atoms with van der Waals surface area (Å²) in [6.07, 6.45) is 0.120. The molecule has 0 spiro atoms. The number of likely N-dealkylation sites (N-methyl/N-ethyl adjacent to an activating group) is 8. The van der Waals surface area contributed by atoms with Crippen LogP contribution in [0, 0.1) is 5.92 Å². The Bertz CT molecular complexity index is 3220. The first-order chi connectivity index (χ1) is 46.2. The third-order valence-corrected chi connectivity index (χ3v) is 19.5. The molecule has 2 aromatic rings. The first-order valence-corrected chi connectivity index (χ1v) is 33.9. The van der Waals surface area contributed by atoms with Gasteiger partial charge in [0.1, 0.15) is 78.5 Å². The van der Waals surface area contributed by atoms with Crippen molar-refractivity contribution in [1.82, 2.24) is 70.3 Å². The number of amides is 14. The van der Waals surface area contributed by atoms with Crippen molar-refractivity contribution in [3.63, 3.8) is 0 Å². The molecule has 29 heteroatoms. The second-order valence-electron chi connectivity index (χ2n) is 27.0. The molecular formula is C70H108N14O15. The van der Waals surface area contributed by atoms with Crippen molar-refractivity contribution in [3.05, 3.63) is 71.8 Å². The minimum atomic E-state index is -1.82. The van der Waals surface area contributed by atoms with Crippen LogP contribution in [0.2, 0.25) is 0 Å². The number of aliphatic hydroxyl groups is 1. The molecule has 0 aromatic heterocycles. The maximum absolute atomic E-state index is 15.5. The zero-order valence-corrected chi connectivity index (χ0v) is 61.4. The highest BCUT2D eigenvalue weighted by Gasteiger charge is 2.44. The van der Waals surface area contributed by atoms with E-state index in [4.69, 9.17) is 0 Å². The molecule has 2 aromatic carbocycles. The van der Waals surface area contributed by atoms with Gasteiger partial charge in [0.25, 0.3) is 0 Å². The van der Waals surface area contributed by atoms with E-state index in [2.05, 4.69) is 21.3 Å². The van der Waals surface area contributed by atoms with Crippen LogP contribution in [0.4, 0.5) is 0 Å². The first kappa shape index (κ1) is 82.4. The molecule has 5 N–H and O–H groups in total. The summed E-state index contributed by atoms with van der Waals surface area (Å²) in [6, 6.07) is -0.633. The van der Waals surface area contributed by atoms with Gasteiger partial charge in [0.15, 0.2) is 0 Å². The number of benzene rings is 2. The maximum Gasteiger partial charge on any atom is 0.248 e. The van der Waals surface area contributed by atoms with E-state index in [1.807, 2.05) is 0 Å². The summed E-state index contributed by atoms with van der Waals surface area (Å²) in [6.45, 7) is 18.2. The second-order valence-corrected chi connectivity index (χ2v) is 27.0. The normalized spacial score (nSPS) is 26.4. The number of piperidine rings is 1. The monoisotopic (exact) mass is 1380 g/mol. The van der Waals surface area contributed by atoms with Crippen LogP contribution in [-0.2, 0) is 80.1 Å². The minimum Gasteiger partial charge on any atom is -0.391 e. The number of rotatable bonds is 12. The fourth-order valence-electron chi connectivity index (χ4n) is 11.7. The van der Waals surface area contributed by atoms with Crippen LogP contribution >= 0.6 is 0 Å². The fraction of sp³-hybridized carbons (Fsp3) is 0.629. The smallest absolute Gasteiger partial charge is 0.248 e. The van der Waals surface area contributed by atoms with Gasteiger partial charge in [-0.05, 0) is 112 Å². The van der Waals surface area contributed by atoms with E-state index < -0.39 is 168 Å². The zero-order chi connectivity index (χ0) is 74.9. The Morgan fingerprint density at radius 3 is 1.40 bits per heavy atom. The van der Waals surface area contributed by atoms with Crippen LogP contribution in [-0.4, -0.2) is 291 Å². The minimum absolute atomic E-state index is 0.0446. The summed E-state index contributed by atoms with van der Waals surface area (Å²) in [4.78, 5) is 214. The Morgan fingerprint density at radius 1 is 0.495 bits per heavy atom. The molecule has 4 rings (SSSR count). The fourth-order valence-corrected chi connectivity index (χ4v) is 11.7. The molecule has 14 atom stereocenters. The number of carbonyl (C=O) groups excluding carboxylic acids is 14. The lowest BCUT2D eigenvalue weighted by atomic mass is 10.00. The molecule has 0 bridgehead atoms. The third-order valence-electron chi connectivity index (χ3n) is 19.5. The highest BCUT2D eigenvalue weighted by molar-refractivity contribution is 6.01. The van der Waals surface area contributed by atoms with E-state index in [1.54, 1.807) is 79.4 Å². The Labute approximate surface area is 582 Å². The molecule has 29 nitrogen and oxygen atoms in total. The van der Waals surface area contributed by atoms with Crippen LogP contribution in [0.15, 0.2) is 60.7 Å². The van der Waals surface area contributed by atoms with Crippen molar-refractivity contribution in [2.75, 3.05) is 69.5 Å². The van der Waals surface area contributed by atoms with Crippen molar-refractivity contribution in [2.45, 2.75) is 213 Å². The van der Waals surface area contributed by atoms with E-state index in [0.29, 0.717) is 24.2 Å². The lowest BCUT2D eigenvalue weighted by Crippen LogP contribution is -2.62. The van der Waals surface area contributed by atoms with Gasteiger partial charge in [-0.2, -0.15) is 0 Å². The molecule has 2 aliphatic heterocycles. The standard InChI is InChI=1S/C70H108N14O15/c1-40(2)36-54-68(97)78(16)45(7)60(89)74-57(50(12)85)70(99)80(18)49(11)66(95)82(20)55(37-51-30-24-21-25-31-51)69(98)77(15)43(5)58(87)71-41(3)62(91)79(17)48(10)64(93)76(14)44(6)59(88)73-53(38-56(86)75(13)47(9)65(94)81(54)19)67(96)84(39-52-32-26-22-27-33-52)46(8)61(90)72-42(4)63(92)83-34-28-23-29-35-83/h21-22,24-27,30-33,40-50,53-55,57,85H,23,28-29,34-39H2,1-20H3,(H,71,87)(H,72,90)(H,73,88)(H,74,89)/t41-,42-,43-,44-,45-,46-,47+,48-,49-,50+,53-,54-,55-,57-/m0/s1. The summed E-state index contributed by atoms with van der Waals surface area (Å²) in [5, 5.41) is 21.6. The zero-order valence-electron chi connectivity index (χ0n) is 61.4. The molecule has 0 aliphatic carbocycles. The molecule has 2 fully saturated rings. The van der Waals surface area contributed by atoms with Gasteiger partial charge >= 0.3 is 0 Å². The molecule has 2 heterocycles. The van der Waals surface area contributed by atoms with Gasteiger partial charge in [-0.15, -0.1) is 0 Å². The Hall–Kier alpha value is -9.02. The van der Waals surface area contributed by atoms with E-state index in [0.717, 1.165) is 63.4 Å². The summed E-state index contributed by atoms with van der Waals surface area (Å²) < 4.78 is 0. The highest BCUT2D eigenvalue weighted by atomic mass is 16.3. The summed E-state index contributed by atoms with van der Waals surface area (Å²) in [7, 11) is 10.5. The van der Waals surface area contributed by atoms with Crippen molar-refractivity contribution in [1.29, 1.82) is 0 Å². The van der Waals surface area contributed by atoms with Gasteiger partial charge < -0.3 is 75.4 Å². The molecule has 0 unspecified atom stereocenters. The molecular weight excluding hydrogens is 1280 g/mol. The summed E-state index contributed by atoms with van der Waals surface area (Å²) >= 11 is 0. The Kier molecular flexibility index (Phi) is 30.6. The number of aliphatic hydroxyl groups excluding tert-OH is 1. The van der Waals surface area contributed by atoms with Gasteiger partial charge in [-0.1, -0.05) is 74.5 Å². The highest BCUT2D eigenvalue weighted by Crippen LogP contribution is 2.22. The van der Waals surface area contributed by atoms with Gasteiger partial charge in [0.05, 0.1) is 12.5 Å². The van der Waals surface area contributed by atoms with Crippen LogP contribution in [0.1, 0.15) is 126 Å². The number of carbonyl (C=O) groups is 14. The number of nitrogens with zero attached hydrogens (tertiary/aromatic N) is 10. The van der Waals surface area contributed by atoms with Crippen molar-refractivity contribution in [3.8, 4) is 0 Å². The number of nitrogens with one attached hydrogen (secondary N) is 4. The third kappa shape index (κ3) is 21.0. The molecule has 0 saturated carbocycles. The molecule has 2 aliphatic rings. The van der Waals surface area contributed by atoms with Gasteiger partial charge in [-0.25, -0.2) is 0 Å².